The van der Waals surface area contributed by atoms with Gasteiger partial charge < -0.3 is 0 Å². The molecule has 0 atom stereocenters. The number of Topliss-reactive ketones (excluding diaryl/α,β-unsaturated/α-hetero) is 1. The average molecular weight is 244 g/mol. The van der Waals surface area contributed by atoms with Gasteiger partial charge in [-0.05, 0) is 12.5 Å². The molecule has 16 heavy (non-hydrogen) atoms. The number of hydrogen-bond acceptors (Lipinski definition) is 4. The predicted octanol–water partition coefficient (Wildman–Crippen LogP) is 1.94. The Morgan fingerprint density at radius 1 is 1.38 bits per heavy atom. The van der Waals surface area contributed by atoms with Crippen LogP contribution in [0.15, 0.2) is 23.1 Å². The summed E-state index contributed by atoms with van der Waals surface area (Å²) in [6.45, 7) is 2.16. The molecule has 0 amide bonds. The van der Waals surface area contributed by atoms with Crippen LogP contribution >= 0.6 is 0 Å². The van der Waals surface area contributed by atoms with E-state index < -0.39 is 15.9 Å². The van der Waals surface area contributed by atoms with Gasteiger partial charge in [-0.25, -0.2) is 0 Å². The van der Waals surface area contributed by atoms with Crippen LogP contribution in [0.2, 0.25) is 0 Å². The number of unbranched alkanes of at least 4 members (excludes halogenated alkanes) is 2. The van der Waals surface area contributed by atoms with Gasteiger partial charge in [0, 0.05) is 6.42 Å². The second-order valence-electron chi connectivity index (χ2n) is 3.57. The summed E-state index contributed by atoms with van der Waals surface area (Å²) < 4.78 is 28.0. The summed E-state index contributed by atoms with van der Waals surface area (Å²) in [4.78, 5) is 11.1. The first-order chi connectivity index (χ1) is 7.58. The normalized spacial score (nSPS) is 16.3. The molecule has 0 aromatic heterocycles. The molecule has 0 spiro atoms. The molecule has 0 aliphatic heterocycles. The monoisotopic (exact) mass is 244 g/mol. The van der Waals surface area contributed by atoms with E-state index in [1.165, 1.54) is 6.08 Å². The summed E-state index contributed by atoms with van der Waals surface area (Å²) in [6.07, 6.45) is 7.20. The van der Waals surface area contributed by atoms with E-state index >= 15 is 0 Å². The first-order valence-electron chi connectivity index (χ1n) is 5.37. The Kier molecular flexibility index (Phi) is 4.89. The third-order valence-electron chi connectivity index (χ3n) is 2.22. The van der Waals surface area contributed by atoms with Crippen LogP contribution < -0.4 is 0 Å². The number of allylic oxidation sites excluding steroid dienone is 4. The Morgan fingerprint density at radius 2 is 2.12 bits per heavy atom. The van der Waals surface area contributed by atoms with Crippen LogP contribution in [0.1, 0.15) is 32.6 Å². The molecule has 90 valence electrons. The van der Waals surface area contributed by atoms with E-state index in [4.69, 9.17) is 4.18 Å². The van der Waals surface area contributed by atoms with Crippen molar-refractivity contribution in [3.8, 4) is 0 Å². The fourth-order valence-corrected chi connectivity index (χ4v) is 2.40. The van der Waals surface area contributed by atoms with Crippen molar-refractivity contribution in [1.29, 1.82) is 0 Å². The van der Waals surface area contributed by atoms with Crippen molar-refractivity contribution in [2.75, 3.05) is 6.61 Å². The lowest BCUT2D eigenvalue weighted by atomic mass is 10.2. The quantitative estimate of drug-likeness (QED) is 0.529. The maximum absolute atomic E-state index is 11.6. The summed E-state index contributed by atoms with van der Waals surface area (Å²) in [5.74, 6) is -0.405. The Morgan fingerprint density at radius 3 is 2.75 bits per heavy atom. The second kappa shape index (κ2) is 5.96. The van der Waals surface area contributed by atoms with E-state index in [9.17, 15) is 13.2 Å². The molecule has 0 saturated carbocycles. The lowest BCUT2D eigenvalue weighted by molar-refractivity contribution is -0.114. The van der Waals surface area contributed by atoms with Crippen LogP contribution in [0.4, 0.5) is 0 Å². The van der Waals surface area contributed by atoms with Crippen LogP contribution in [0.25, 0.3) is 0 Å². The third kappa shape index (κ3) is 3.57. The molecule has 5 heteroatoms. The molecule has 0 unspecified atom stereocenters. The molecule has 0 N–H and O–H groups in total. The van der Waals surface area contributed by atoms with E-state index in [1.807, 2.05) is 6.92 Å². The van der Waals surface area contributed by atoms with Crippen molar-refractivity contribution in [2.45, 2.75) is 32.6 Å². The Hall–Kier alpha value is -0.940. The van der Waals surface area contributed by atoms with Crippen molar-refractivity contribution in [3.05, 3.63) is 23.1 Å². The molecule has 0 aromatic carbocycles. The van der Waals surface area contributed by atoms with Gasteiger partial charge in [0.1, 0.15) is 4.91 Å². The largest absolute Gasteiger partial charge is 0.300 e. The van der Waals surface area contributed by atoms with Gasteiger partial charge in [-0.2, -0.15) is 8.42 Å². The van der Waals surface area contributed by atoms with Crippen LogP contribution in [0.3, 0.4) is 0 Å². The van der Waals surface area contributed by atoms with E-state index in [2.05, 4.69) is 0 Å². The van der Waals surface area contributed by atoms with Gasteiger partial charge in [-0.3, -0.25) is 8.98 Å². The highest BCUT2D eigenvalue weighted by Crippen LogP contribution is 2.17. The lowest BCUT2D eigenvalue weighted by Gasteiger charge is -2.09. The second-order valence-corrected chi connectivity index (χ2v) is 5.15. The van der Waals surface area contributed by atoms with Crippen LogP contribution in [0, 0.1) is 0 Å². The Balaban J connectivity index is 2.60. The summed E-state index contributed by atoms with van der Waals surface area (Å²) in [6, 6.07) is 0. The van der Waals surface area contributed by atoms with Crippen LogP contribution in [-0.4, -0.2) is 20.8 Å². The fraction of sp³-hybridized carbons (Fsp3) is 0.545. The maximum Gasteiger partial charge on any atom is 0.300 e. The van der Waals surface area contributed by atoms with Crippen LogP contribution in [0.5, 0.6) is 0 Å². The van der Waals surface area contributed by atoms with Crippen LogP contribution in [-0.2, 0) is 19.1 Å². The van der Waals surface area contributed by atoms with Crippen molar-refractivity contribution in [3.63, 3.8) is 0 Å². The molecular weight excluding hydrogens is 228 g/mol. The van der Waals surface area contributed by atoms with Gasteiger partial charge in [0.05, 0.1) is 6.61 Å². The highest BCUT2D eigenvalue weighted by atomic mass is 32.2. The highest BCUT2D eigenvalue weighted by Gasteiger charge is 2.25. The summed E-state index contributed by atoms with van der Waals surface area (Å²) in [7, 11) is -3.85. The van der Waals surface area contributed by atoms with Gasteiger partial charge in [-0.1, -0.05) is 31.9 Å². The summed E-state index contributed by atoms with van der Waals surface area (Å²) >= 11 is 0. The van der Waals surface area contributed by atoms with Gasteiger partial charge in [0.15, 0.2) is 5.78 Å². The average Bonchev–Trinajstić information content (AvgIpc) is 2.25. The molecule has 0 saturated heterocycles. The van der Waals surface area contributed by atoms with E-state index in [0.717, 1.165) is 12.8 Å². The summed E-state index contributed by atoms with van der Waals surface area (Å²) in [5, 5.41) is 0. The van der Waals surface area contributed by atoms with E-state index in [-0.39, 0.29) is 17.9 Å². The molecule has 0 radical (unpaired) electrons. The molecule has 1 aliphatic carbocycles. The SMILES string of the molecule is CCCCCOS(=O)(=O)C1=CC=CCC1=O. The minimum Gasteiger partial charge on any atom is -0.293 e. The standard InChI is InChI=1S/C11H16O4S/c1-2-3-6-9-15-16(13,14)11-8-5-4-7-10(11)12/h4-5,8H,2-3,6-7,9H2,1H3. The molecule has 0 aromatic rings. The van der Waals surface area contributed by atoms with Gasteiger partial charge in [0.2, 0.25) is 0 Å². The first kappa shape index (κ1) is 13.1. The van der Waals surface area contributed by atoms with Crippen molar-refractivity contribution in [2.24, 2.45) is 0 Å². The predicted molar refractivity (Wildman–Crippen MR) is 61.2 cm³/mol. The Bertz CT molecular complexity index is 404. The smallest absolute Gasteiger partial charge is 0.293 e. The van der Waals surface area contributed by atoms with Crippen molar-refractivity contribution < 1.29 is 17.4 Å². The summed E-state index contributed by atoms with van der Waals surface area (Å²) in [5.41, 5.74) is 0. The lowest BCUT2D eigenvalue weighted by Crippen LogP contribution is -2.17. The molecule has 1 rings (SSSR count). The van der Waals surface area contributed by atoms with Crippen molar-refractivity contribution >= 4 is 15.9 Å². The molecule has 0 heterocycles. The minimum atomic E-state index is -3.85. The zero-order chi connectivity index (χ0) is 12.0. The van der Waals surface area contributed by atoms with Crippen molar-refractivity contribution in [1.82, 2.24) is 0 Å². The number of rotatable bonds is 6. The molecule has 0 bridgehead atoms. The maximum atomic E-state index is 11.6. The van der Waals surface area contributed by atoms with E-state index in [0.29, 0.717) is 6.42 Å². The first-order valence-corrected chi connectivity index (χ1v) is 6.78. The number of ketones is 1. The third-order valence-corrected chi connectivity index (χ3v) is 3.60. The molecule has 4 nitrogen and oxygen atoms in total. The Labute approximate surface area is 96.1 Å². The van der Waals surface area contributed by atoms with E-state index in [1.54, 1.807) is 12.2 Å². The molecule has 0 fully saturated rings. The topological polar surface area (TPSA) is 60.4 Å². The molecule has 1 aliphatic rings. The highest BCUT2D eigenvalue weighted by molar-refractivity contribution is 7.91. The fourth-order valence-electron chi connectivity index (χ4n) is 1.33. The number of carbonyl (C=O) groups excluding carboxylic acids is 1. The molecular formula is C11H16O4S. The van der Waals surface area contributed by atoms with Gasteiger partial charge in [0.25, 0.3) is 0 Å². The number of hydrogen-bond donors (Lipinski definition) is 0. The zero-order valence-corrected chi connectivity index (χ0v) is 10.1. The van der Waals surface area contributed by atoms with Gasteiger partial charge >= 0.3 is 10.1 Å². The minimum absolute atomic E-state index is 0.128. The zero-order valence-electron chi connectivity index (χ0n) is 9.31. The van der Waals surface area contributed by atoms with Gasteiger partial charge in [-0.15, -0.1) is 0 Å². The number of carbonyl (C=O) groups is 1.